The molecule has 4 heterocycles. The van der Waals surface area contributed by atoms with Crippen molar-refractivity contribution in [1.82, 2.24) is 19.9 Å². The Morgan fingerprint density at radius 2 is 0.679 bits per heavy atom. The molecule has 0 aliphatic carbocycles. The Hall–Kier alpha value is -6.86. The lowest BCUT2D eigenvalue weighted by atomic mass is 9.97. The van der Waals surface area contributed by atoms with E-state index in [1.807, 2.05) is 12.1 Å². The van der Waals surface area contributed by atoms with E-state index in [0.717, 1.165) is 88.0 Å². The van der Waals surface area contributed by atoms with Gasteiger partial charge in [0.1, 0.15) is 9.66 Å². The Labute approximate surface area is 331 Å². The van der Waals surface area contributed by atoms with Crippen molar-refractivity contribution >= 4 is 63.3 Å². The van der Waals surface area contributed by atoms with Crippen LogP contribution in [0, 0.1) is 0 Å². The minimum Gasteiger partial charge on any atom is -0.227 e. The fraction of sp³-hybridized carbons (Fsp3) is 0. The molecule has 0 amide bonds. The van der Waals surface area contributed by atoms with Crippen LogP contribution in [0.25, 0.3) is 108 Å². The molecule has 262 valence electrons. The van der Waals surface area contributed by atoms with Gasteiger partial charge in [0.25, 0.3) is 0 Å². The van der Waals surface area contributed by atoms with Crippen molar-refractivity contribution in [3.63, 3.8) is 0 Å². The van der Waals surface area contributed by atoms with E-state index in [1.54, 1.807) is 22.7 Å². The number of aromatic nitrogens is 4. The highest BCUT2D eigenvalue weighted by atomic mass is 32.1. The zero-order valence-corrected chi connectivity index (χ0v) is 31.6. The van der Waals surface area contributed by atoms with Crippen LogP contribution in [0.4, 0.5) is 0 Å². The summed E-state index contributed by atoms with van der Waals surface area (Å²) >= 11 is 3.44. The van der Waals surface area contributed by atoms with Gasteiger partial charge < -0.3 is 0 Å². The molecule has 4 aromatic heterocycles. The van der Waals surface area contributed by atoms with Crippen molar-refractivity contribution in [3.8, 4) is 67.5 Å². The summed E-state index contributed by atoms with van der Waals surface area (Å²) in [6.07, 6.45) is 0. The Bertz CT molecular complexity index is 3240. The smallest absolute Gasteiger partial charge is 0.161 e. The fourth-order valence-electron chi connectivity index (χ4n) is 7.64. The van der Waals surface area contributed by atoms with E-state index < -0.39 is 0 Å². The van der Waals surface area contributed by atoms with Crippen LogP contribution in [0.3, 0.4) is 0 Å². The maximum absolute atomic E-state index is 5.23. The van der Waals surface area contributed by atoms with Crippen LogP contribution < -0.4 is 0 Å². The maximum Gasteiger partial charge on any atom is 0.161 e. The first-order valence-electron chi connectivity index (χ1n) is 18.5. The molecule has 11 aromatic rings. The lowest BCUT2D eigenvalue weighted by Gasteiger charge is -2.10. The lowest BCUT2D eigenvalue weighted by molar-refractivity contribution is 1.24. The minimum atomic E-state index is 0.725. The van der Waals surface area contributed by atoms with E-state index in [0.29, 0.717) is 0 Å². The minimum absolute atomic E-state index is 0.725. The molecule has 0 spiro atoms. The monoisotopic (exact) mass is 750 g/mol. The fourth-order valence-corrected chi connectivity index (χ4v) is 9.79. The molecule has 0 aliphatic rings. The molecular weight excluding hydrogens is 721 g/mol. The first kappa shape index (κ1) is 32.6. The predicted octanol–water partition coefficient (Wildman–Crippen LogP) is 14.0. The summed E-state index contributed by atoms with van der Waals surface area (Å²) in [6, 6.07) is 63.8. The van der Waals surface area contributed by atoms with Gasteiger partial charge in [-0.1, -0.05) is 158 Å². The van der Waals surface area contributed by atoms with Crippen LogP contribution in [-0.2, 0) is 0 Å². The second-order valence-electron chi connectivity index (χ2n) is 13.8. The molecule has 0 bridgehead atoms. The molecule has 56 heavy (non-hydrogen) atoms. The van der Waals surface area contributed by atoms with Gasteiger partial charge in [0, 0.05) is 53.2 Å². The second kappa shape index (κ2) is 13.5. The summed E-state index contributed by atoms with van der Waals surface area (Å²) in [5.41, 5.74) is 10.6. The number of rotatable bonds is 6. The van der Waals surface area contributed by atoms with Gasteiger partial charge in [-0.3, -0.25) is 0 Å². The van der Waals surface area contributed by atoms with Crippen molar-refractivity contribution in [2.75, 3.05) is 0 Å². The first-order valence-corrected chi connectivity index (χ1v) is 20.2. The normalized spacial score (nSPS) is 11.6. The molecule has 0 N–H and O–H groups in total. The summed E-state index contributed by atoms with van der Waals surface area (Å²) in [7, 11) is 0. The molecular formula is C50H30N4S2. The van der Waals surface area contributed by atoms with E-state index >= 15 is 0 Å². The van der Waals surface area contributed by atoms with Crippen LogP contribution in [0.15, 0.2) is 182 Å². The molecule has 0 aliphatic heterocycles. The second-order valence-corrected chi connectivity index (χ2v) is 15.9. The predicted molar refractivity (Wildman–Crippen MR) is 236 cm³/mol. The Kier molecular flexibility index (Phi) is 7.83. The quantitative estimate of drug-likeness (QED) is 0.170. The highest BCUT2D eigenvalue weighted by Crippen LogP contribution is 2.41. The van der Waals surface area contributed by atoms with Gasteiger partial charge in [-0.15, -0.1) is 22.7 Å². The summed E-state index contributed by atoms with van der Waals surface area (Å²) in [5.74, 6) is 1.45. The van der Waals surface area contributed by atoms with Crippen LogP contribution in [0.1, 0.15) is 0 Å². The summed E-state index contributed by atoms with van der Waals surface area (Å²) in [4.78, 5) is 22.7. The van der Waals surface area contributed by atoms with Gasteiger partial charge in [-0.25, -0.2) is 19.9 Å². The molecule has 0 radical (unpaired) electrons. The molecule has 0 saturated heterocycles. The van der Waals surface area contributed by atoms with Crippen LogP contribution >= 0.6 is 22.7 Å². The molecule has 0 atom stereocenters. The van der Waals surface area contributed by atoms with E-state index in [-0.39, 0.29) is 0 Å². The number of benzene rings is 7. The zero-order chi connectivity index (χ0) is 37.0. The van der Waals surface area contributed by atoms with E-state index in [9.17, 15) is 0 Å². The van der Waals surface area contributed by atoms with Crippen molar-refractivity contribution in [1.29, 1.82) is 0 Å². The number of thiophene rings is 2. The van der Waals surface area contributed by atoms with Gasteiger partial charge in [-0.2, -0.15) is 0 Å². The summed E-state index contributed by atoms with van der Waals surface area (Å²) in [6.45, 7) is 0. The lowest BCUT2D eigenvalue weighted by Crippen LogP contribution is -1.94. The zero-order valence-electron chi connectivity index (χ0n) is 29.9. The van der Waals surface area contributed by atoms with Gasteiger partial charge in [0.15, 0.2) is 11.6 Å². The molecule has 6 heteroatoms. The van der Waals surface area contributed by atoms with E-state index in [1.165, 1.54) is 20.2 Å². The molecule has 4 nitrogen and oxygen atoms in total. The molecule has 7 aromatic carbocycles. The van der Waals surface area contributed by atoms with Gasteiger partial charge in [0.05, 0.1) is 11.4 Å². The Balaban J connectivity index is 0.947. The highest BCUT2D eigenvalue weighted by Gasteiger charge is 2.18. The largest absolute Gasteiger partial charge is 0.227 e. The Morgan fingerprint density at radius 3 is 1.21 bits per heavy atom. The van der Waals surface area contributed by atoms with Crippen molar-refractivity contribution in [2.45, 2.75) is 0 Å². The number of hydrogen-bond donors (Lipinski definition) is 0. The van der Waals surface area contributed by atoms with Gasteiger partial charge in [-0.05, 0) is 46.5 Å². The van der Waals surface area contributed by atoms with Gasteiger partial charge >= 0.3 is 0 Å². The standard InChI is InChI=1S/C50H30N4S2/c1-3-13-32(14-4-1)45-43-39-21-7-9-23-41(39)55-49(43)53-47(51-45)34-27-25-31(26-28-34)35-17-11-18-36(29-35)37-19-12-20-38(30-37)48-52-46(33-15-5-2-6-16-33)44-40-22-8-10-24-42(40)56-50(44)54-48/h1-30H. The molecule has 0 saturated carbocycles. The summed E-state index contributed by atoms with van der Waals surface area (Å²) < 4.78 is 2.43. The third-order valence-electron chi connectivity index (χ3n) is 10.4. The maximum atomic E-state index is 5.23. The third kappa shape index (κ3) is 5.66. The number of nitrogens with zero attached hydrogens (tertiary/aromatic N) is 4. The van der Waals surface area contributed by atoms with Crippen molar-refractivity contribution in [2.24, 2.45) is 0 Å². The number of fused-ring (bicyclic) bond motifs is 6. The van der Waals surface area contributed by atoms with Gasteiger partial charge in [0.2, 0.25) is 0 Å². The van der Waals surface area contributed by atoms with Crippen LogP contribution in [-0.4, -0.2) is 19.9 Å². The SMILES string of the molecule is c1ccc(-c2nc(-c3ccc(-c4cccc(-c5cccc(-c6nc(-c7ccccc7)c7c(n6)sc6ccccc67)c5)c4)cc3)nc3sc4ccccc4c23)cc1. The topological polar surface area (TPSA) is 51.6 Å². The summed E-state index contributed by atoms with van der Waals surface area (Å²) in [5, 5.41) is 4.61. The number of hydrogen-bond acceptors (Lipinski definition) is 6. The van der Waals surface area contributed by atoms with E-state index in [4.69, 9.17) is 19.9 Å². The molecule has 11 rings (SSSR count). The Morgan fingerprint density at radius 1 is 0.286 bits per heavy atom. The first-order chi connectivity index (χ1) is 27.7. The highest BCUT2D eigenvalue weighted by molar-refractivity contribution is 7.26. The van der Waals surface area contributed by atoms with Crippen molar-refractivity contribution < 1.29 is 0 Å². The third-order valence-corrected chi connectivity index (χ3v) is 12.5. The van der Waals surface area contributed by atoms with Crippen LogP contribution in [0.5, 0.6) is 0 Å². The average molecular weight is 751 g/mol. The molecule has 0 unspecified atom stereocenters. The van der Waals surface area contributed by atoms with Crippen molar-refractivity contribution in [3.05, 3.63) is 182 Å². The van der Waals surface area contributed by atoms with Crippen LogP contribution in [0.2, 0.25) is 0 Å². The molecule has 0 fully saturated rings. The average Bonchev–Trinajstić information content (AvgIpc) is 3.85. The van der Waals surface area contributed by atoms with E-state index in [2.05, 4.69) is 170 Å².